The minimum atomic E-state index is -0.477. The first-order valence-electron chi connectivity index (χ1n) is 5.39. The number of imidazole rings is 1. The number of aromatic nitrogens is 2. The molecule has 2 N–H and O–H groups in total. The second kappa shape index (κ2) is 5.89. The third-order valence-electron chi connectivity index (χ3n) is 2.20. The van der Waals surface area contributed by atoms with Gasteiger partial charge in [0.2, 0.25) is 0 Å². The number of aromatic amines is 1. The lowest BCUT2D eigenvalue weighted by Gasteiger charge is -2.07. The van der Waals surface area contributed by atoms with Gasteiger partial charge in [-0.3, -0.25) is 0 Å². The van der Waals surface area contributed by atoms with Crippen molar-refractivity contribution in [1.29, 1.82) is 0 Å². The van der Waals surface area contributed by atoms with E-state index in [1.165, 1.54) is 0 Å². The van der Waals surface area contributed by atoms with Gasteiger partial charge in [-0.2, -0.15) is 0 Å². The maximum atomic E-state index is 12.0. The fourth-order valence-electron chi connectivity index (χ4n) is 1.45. The van der Waals surface area contributed by atoms with Crippen LogP contribution in [0.1, 0.15) is 5.56 Å². The summed E-state index contributed by atoms with van der Waals surface area (Å²) in [4.78, 5) is 7.01. The Labute approximate surface area is 98.8 Å². The van der Waals surface area contributed by atoms with Crippen LogP contribution < -0.4 is 10.1 Å². The van der Waals surface area contributed by atoms with Crippen LogP contribution in [0.5, 0.6) is 5.75 Å². The molecule has 0 bridgehead atoms. The van der Waals surface area contributed by atoms with Crippen LogP contribution in [0.2, 0.25) is 0 Å². The van der Waals surface area contributed by atoms with E-state index in [-0.39, 0.29) is 6.61 Å². The van der Waals surface area contributed by atoms with Gasteiger partial charge in [0, 0.05) is 18.9 Å². The van der Waals surface area contributed by atoms with E-state index >= 15 is 0 Å². The molecular weight excluding hydrogens is 221 g/mol. The molecule has 0 saturated carbocycles. The van der Waals surface area contributed by atoms with Crippen molar-refractivity contribution in [3.8, 4) is 5.75 Å². The van der Waals surface area contributed by atoms with Gasteiger partial charge in [0.15, 0.2) is 5.95 Å². The summed E-state index contributed by atoms with van der Waals surface area (Å²) in [5.74, 6) is 1.40. The Hall–Kier alpha value is -2.04. The Balaban J connectivity index is 1.91. The van der Waals surface area contributed by atoms with E-state index in [9.17, 15) is 4.39 Å². The molecule has 0 saturated heterocycles. The fraction of sp³-hybridized carbons (Fsp3) is 0.250. The van der Waals surface area contributed by atoms with Gasteiger partial charge in [0.1, 0.15) is 19.0 Å². The Kier molecular flexibility index (Phi) is 3.96. The molecular formula is C12H14FN3O. The molecule has 0 spiro atoms. The molecule has 90 valence electrons. The Bertz CT molecular complexity index is 445. The zero-order valence-corrected chi connectivity index (χ0v) is 9.32. The molecule has 1 aromatic heterocycles. The monoisotopic (exact) mass is 235 g/mol. The van der Waals surface area contributed by atoms with Crippen molar-refractivity contribution in [2.24, 2.45) is 0 Å². The number of nitrogens with zero attached hydrogens (tertiary/aromatic N) is 1. The number of rotatable bonds is 6. The van der Waals surface area contributed by atoms with Gasteiger partial charge in [0.25, 0.3) is 0 Å². The molecule has 0 aliphatic rings. The molecule has 1 aromatic carbocycles. The summed E-state index contributed by atoms with van der Waals surface area (Å²) in [6, 6.07) is 7.54. The summed E-state index contributed by atoms with van der Waals surface area (Å²) in [5.41, 5.74) is 1.05. The fourth-order valence-corrected chi connectivity index (χ4v) is 1.45. The van der Waals surface area contributed by atoms with Crippen molar-refractivity contribution in [2.45, 2.75) is 6.54 Å². The van der Waals surface area contributed by atoms with Crippen LogP contribution in [-0.4, -0.2) is 23.2 Å². The maximum Gasteiger partial charge on any atom is 0.200 e. The van der Waals surface area contributed by atoms with Crippen molar-refractivity contribution in [2.75, 3.05) is 18.6 Å². The van der Waals surface area contributed by atoms with Crippen LogP contribution in [0.25, 0.3) is 0 Å². The van der Waals surface area contributed by atoms with E-state index in [1.54, 1.807) is 12.4 Å². The molecule has 0 radical (unpaired) electrons. The average Bonchev–Trinajstić information content (AvgIpc) is 2.87. The second-order valence-corrected chi connectivity index (χ2v) is 3.48. The van der Waals surface area contributed by atoms with E-state index < -0.39 is 6.67 Å². The van der Waals surface area contributed by atoms with E-state index in [0.29, 0.717) is 12.3 Å². The van der Waals surface area contributed by atoms with Crippen molar-refractivity contribution in [3.63, 3.8) is 0 Å². The van der Waals surface area contributed by atoms with Crippen molar-refractivity contribution >= 4 is 5.95 Å². The number of ether oxygens (including phenoxy) is 1. The van der Waals surface area contributed by atoms with Gasteiger partial charge in [0.05, 0.1) is 0 Å². The molecule has 2 aromatic rings. The molecule has 2 rings (SSSR count). The van der Waals surface area contributed by atoms with Gasteiger partial charge >= 0.3 is 0 Å². The first-order valence-corrected chi connectivity index (χ1v) is 5.39. The summed E-state index contributed by atoms with van der Waals surface area (Å²) < 4.78 is 17.2. The normalized spacial score (nSPS) is 10.2. The lowest BCUT2D eigenvalue weighted by Crippen LogP contribution is -2.02. The minimum Gasteiger partial charge on any atom is -0.491 e. The third kappa shape index (κ3) is 3.48. The molecule has 1 heterocycles. The minimum absolute atomic E-state index is 0.0923. The summed E-state index contributed by atoms with van der Waals surface area (Å²) in [7, 11) is 0. The molecule has 17 heavy (non-hydrogen) atoms. The predicted octanol–water partition coefficient (Wildman–Crippen LogP) is 2.37. The first kappa shape index (κ1) is 11.4. The van der Waals surface area contributed by atoms with E-state index in [2.05, 4.69) is 15.3 Å². The SMILES string of the molecule is FCCOc1cccc(CNc2ncc[nH]2)c1. The number of nitrogens with one attached hydrogen (secondary N) is 2. The van der Waals surface area contributed by atoms with Crippen LogP contribution >= 0.6 is 0 Å². The maximum absolute atomic E-state index is 12.0. The number of halogens is 1. The zero-order valence-electron chi connectivity index (χ0n) is 9.32. The Morgan fingerprint density at radius 3 is 3.12 bits per heavy atom. The molecule has 0 aliphatic heterocycles. The van der Waals surface area contributed by atoms with Crippen LogP contribution in [-0.2, 0) is 6.54 Å². The molecule has 0 fully saturated rings. The molecule has 5 heteroatoms. The van der Waals surface area contributed by atoms with Crippen LogP contribution in [0.15, 0.2) is 36.7 Å². The van der Waals surface area contributed by atoms with Gasteiger partial charge < -0.3 is 15.0 Å². The van der Waals surface area contributed by atoms with Crippen molar-refractivity contribution in [1.82, 2.24) is 9.97 Å². The van der Waals surface area contributed by atoms with Crippen LogP contribution in [0.4, 0.5) is 10.3 Å². The van der Waals surface area contributed by atoms with E-state index in [0.717, 1.165) is 11.5 Å². The highest BCUT2D eigenvalue weighted by atomic mass is 19.1. The van der Waals surface area contributed by atoms with Gasteiger partial charge in [-0.25, -0.2) is 9.37 Å². The number of hydrogen-bond donors (Lipinski definition) is 2. The molecule has 0 amide bonds. The summed E-state index contributed by atoms with van der Waals surface area (Å²) >= 11 is 0. The number of alkyl halides is 1. The van der Waals surface area contributed by atoms with Crippen molar-refractivity contribution < 1.29 is 9.13 Å². The Morgan fingerprint density at radius 1 is 1.41 bits per heavy atom. The summed E-state index contributed by atoms with van der Waals surface area (Å²) in [5, 5.41) is 3.13. The third-order valence-corrected chi connectivity index (χ3v) is 2.20. The molecule has 0 unspecified atom stereocenters. The number of hydrogen-bond acceptors (Lipinski definition) is 3. The van der Waals surface area contributed by atoms with Crippen LogP contribution in [0.3, 0.4) is 0 Å². The highest BCUT2D eigenvalue weighted by Crippen LogP contribution is 2.14. The van der Waals surface area contributed by atoms with Crippen molar-refractivity contribution in [3.05, 3.63) is 42.2 Å². The molecule has 0 aliphatic carbocycles. The summed E-state index contributed by atoms with van der Waals surface area (Å²) in [6.07, 6.45) is 3.44. The number of H-pyrrole nitrogens is 1. The molecule has 0 atom stereocenters. The Morgan fingerprint density at radius 2 is 2.35 bits per heavy atom. The number of benzene rings is 1. The second-order valence-electron chi connectivity index (χ2n) is 3.48. The highest BCUT2D eigenvalue weighted by Gasteiger charge is 1.98. The van der Waals surface area contributed by atoms with Gasteiger partial charge in [-0.1, -0.05) is 12.1 Å². The predicted molar refractivity (Wildman–Crippen MR) is 63.8 cm³/mol. The smallest absolute Gasteiger partial charge is 0.200 e. The number of anilines is 1. The zero-order chi connectivity index (χ0) is 11.9. The highest BCUT2D eigenvalue weighted by molar-refractivity contribution is 5.32. The molecule has 4 nitrogen and oxygen atoms in total. The van der Waals surface area contributed by atoms with Gasteiger partial charge in [-0.05, 0) is 17.7 Å². The quantitative estimate of drug-likeness (QED) is 0.808. The van der Waals surface area contributed by atoms with E-state index in [1.807, 2.05) is 24.3 Å². The standard InChI is InChI=1S/C12H14FN3O/c13-4-7-17-11-3-1-2-10(8-11)9-16-12-14-5-6-15-12/h1-3,5-6,8H,4,7,9H2,(H2,14,15,16). The topological polar surface area (TPSA) is 49.9 Å². The first-order chi connectivity index (χ1) is 8.38. The largest absolute Gasteiger partial charge is 0.491 e. The lowest BCUT2D eigenvalue weighted by atomic mass is 10.2. The van der Waals surface area contributed by atoms with Gasteiger partial charge in [-0.15, -0.1) is 0 Å². The lowest BCUT2D eigenvalue weighted by molar-refractivity contribution is 0.273. The van der Waals surface area contributed by atoms with Crippen LogP contribution in [0, 0.1) is 0 Å². The summed E-state index contributed by atoms with van der Waals surface area (Å²) in [6.45, 7) is 0.254. The van der Waals surface area contributed by atoms with E-state index in [4.69, 9.17) is 4.74 Å². The average molecular weight is 235 g/mol.